The Morgan fingerprint density at radius 1 is 0.889 bits per heavy atom. The van der Waals surface area contributed by atoms with Crippen LogP contribution in [-0.4, -0.2) is 0 Å². The minimum Gasteiger partial charge on any atom is -0.204 e. The lowest BCUT2D eigenvalue weighted by Gasteiger charge is -2.36. The van der Waals surface area contributed by atoms with Crippen molar-refractivity contribution in [2.45, 2.75) is 96.8 Å². The molecule has 0 heterocycles. The predicted octanol–water partition coefficient (Wildman–Crippen LogP) is 8.26. The van der Waals surface area contributed by atoms with Crippen molar-refractivity contribution in [1.82, 2.24) is 0 Å². The highest BCUT2D eigenvalue weighted by Crippen LogP contribution is 2.42. The van der Waals surface area contributed by atoms with Gasteiger partial charge in [0, 0.05) is 0 Å². The summed E-state index contributed by atoms with van der Waals surface area (Å²) in [6, 6.07) is 4.48. The Morgan fingerprint density at radius 3 is 2.19 bits per heavy atom. The van der Waals surface area contributed by atoms with Crippen molar-refractivity contribution < 1.29 is 8.78 Å². The number of benzene rings is 1. The Morgan fingerprint density at radius 2 is 1.56 bits per heavy atom. The van der Waals surface area contributed by atoms with E-state index in [1.165, 1.54) is 76.3 Å². The summed E-state index contributed by atoms with van der Waals surface area (Å²) in [7, 11) is 0. The lowest BCUT2D eigenvalue weighted by molar-refractivity contribution is 0.169. The van der Waals surface area contributed by atoms with Crippen LogP contribution >= 0.6 is 0 Å². The van der Waals surface area contributed by atoms with Crippen LogP contribution in [0.15, 0.2) is 18.2 Å². The minimum absolute atomic E-state index is 0.417. The molecular formula is C25H38F2. The van der Waals surface area contributed by atoms with Gasteiger partial charge in [0.05, 0.1) is 0 Å². The summed E-state index contributed by atoms with van der Waals surface area (Å²) >= 11 is 0. The zero-order valence-electron chi connectivity index (χ0n) is 17.4. The second-order valence-corrected chi connectivity index (χ2v) is 9.53. The van der Waals surface area contributed by atoms with Gasteiger partial charge in [-0.05, 0) is 92.2 Å². The first-order valence-electron chi connectivity index (χ1n) is 11.5. The van der Waals surface area contributed by atoms with Gasteiger partial charge < -0.3 is 0 Å². The molecule has 0 spiro atoms. The van der Waals surface area contributed by atoms with E-state index in [2.05, 4.69) is 13.8 Å². The molecule has 3 rings (SSSR count). The van der Waals surface area contributed by atoms with Crippen molar-refractivity contribution in [3.63, 3.8) is 0 Å². The average molecular weight is 377 g/mol. The quantitative estimate of drug-likeness (QED) is 0.449. The Kier molecular flexibility index (Phi) is 7.73. The first-order valence-corrected chi connectivity index (χ1v) is 11.5. The smallest absolute Gasteiger partial charge is 0.159 e. The van der Waals surface area contributed by atoms with Crippen molar-refractivity contribution >= 4 is 0 Å². The first kappa shape index (κ1) is 20.8. The highest BCUT2D eigenvalue weighted by Gasteiger charge is 2.29. The van der Waals surface area contributed by atoms with Gasteiger partial charge in [-0.1, -0.05) is 52.0 Å². The molecule has 0 bridgehead atoms. The van der Waals surface area contributed by atoms with Gasteiger partial charge in [-0.25, -0.2) is 8.78 Å². The molecule has 2 aliphatic carbocycles. The third kappa shape index (κ3) is 5.78. The number of unbranched alkanes of at least 4 members (excludes halogenated alkanes) is 1. The fourth-order valence-corrected chi connectivity index (χ4v) is 5.75. The van der Waals surface area contributed by atoms with Crippen molar-refractivity contribution in [3.05, 3.63) is 35.4 Å². The molecule has 2 saturated carbocycles. The van der Waals surface area contributed by atoms with E-state index in [1.54, 1.807) is 6.07 Å². The lowest BCUT2D eigenvalue weighted by atomic mass is 9.70. The molecule has 0 nitrogen and oxygen atoms in total. The van der Waals surface area contributed by atoms with Crippen LogP contribution in [0.1, 0.15) is 102 Å². The van der Waals surface area contributed by atoms with Crippen molar-refractivity contribution in [3.8, 4) is 0 Å². The molecule has 2 fully saturated rings. The maximum absolute atomic E-state index is 13.5. The van der Waals surface area contributed by atoms with Gasteiger partial charge in [0.1, 0.15) is 0 Å². The van der Waals surface area contributed by atoms with Crippen LogP contribution in [0.3, 0.4) is 0 Å². The molecule has 152 valence electrons. The molecule has 0 N–H and O–H groups in total. The number of rotatable bonds is 7. The standard InChI is InChI=1S/C25H38F2/c1-3-4-5-19-6-10-21(11-7-19)18(2)16-20-8-12-22(13-9-20)23-14-15-24(26)25(27)17-23/h14-15,17-22H,3-13,16H2,1-2H3. The monoisotopic (exact) mass is 376 g/mol. The highest BCUT2D eigenvalue weighted by atomic mass is 19.2. The van der Waals surface area contributed by atoms with Crippen LogP contribution in [0.25, 0.3) is 0 Å². The SMILES string of the molecule is CCCCC1CCC(C(C)CC2CCC(c3ccc(F)c(F)c3)CC2)CC1. The van der Waals surface area contributed by atoms with E-state index in [0.717, 1.165) is 42.1 Å². The Hall–Kier alpha value is -0.920. The number of halogens is 2. The second kappa shape index (κ2) is 10.0. The van der Waals surface area contributed by atoms with Crippen molar-refractivity contribution in [2.24, 2.45) is 23.7 Å². The third-order valence-electron chi connectivity index (χ3n) is 7.63. The van der Waals surface area contributed by atoms with Gasteiger partial charge >= 0.3 is 0 Å². The molecule has 1 aromatic carbocycles. The second-order valence-electron chi connectivity index (χ2n) is 9.53. The van der Waals surface area contributed by atoms with Crippen LogP contribution in [0.2, 0.25) is 0 Å². The van der Waals surface area contributed by atoms with Crippen LogP contribution < -0.4 is 0 Å². The Labute approximate surface area is 165 Å². The summed E-state index contributed by atoms with van der Waals surface area (Å²) in [4.78, 5) is 0. The summed E-state index contributed by atoms with van der Waals surface area (Å²) < 4.78 is 26.7. The zero-order chi connectivity index (χ0) is 19.2. The molecule has 0 saturated heterocycles. The van der Waals surface area contributed by atoms with E-state index in [4.69, 9.17) is 0 Å². The normalized spacial score (nSPS) is 30.2. The summed E-state index contributed by atoms with van der Waals surface area (Å²) in [5, 5.41) is 0. The van der Waals surface area contributed by atoms with E-state index in [1.807, 2.05) is 0 Å². The summed E-state index contributed by atoms with van der Waals surface area (Å²) in [6.45, 7) is 4.79. The van der Waals surface area contributed by atoms with Gasteiger partial charge in [-0.15, -0.1) is 0 Å². The van der Waals surface area contributed by atoms with Gasteiger partial charge in [-0.2, -0.15) is 0 Å². The Bertz CT molecular complexity index is 566. The first-order chi connectivity index (χ1) is 13.1. The molecule has 1 atom stereocenters. The molecular weight excluding hydrogens is 338 g/mol. The molecule has 0 aromatic heterocycles. The summed E-state index contributed by atoms with van der Waals surface area (Å²) in [6.07, 6.45) is 16.1. The number of hydrogen-bond acceptors (Lipinski definition) is 0. The van der Waals surface area contributed by atoms with Crippen LogP contribution in [0.4, 0.5) is 8.78 Å². The fourth-order valence-electron chi connectivity index (χ4n) is 5.75. The summed E-state index contributed by atoms with van der Waals surface area (Å²) in [5.41, 5.74) is 0.991. The van der Waals surface area contributed by atoms with Crippen LogP contribution in [-0.2, 0) is 0 Å². The molecule has 2 aliphatic rings. The van der Waals surface area contributed by atoms with Gasteiger partial charge in [0.2, 0.25) is 0 Å². The van der Waals surface area contributed by atoms with E-state index in [0.29, 0.717) is 5.92 Å². The van der Waals surface area contributed by atoms with E-state index in [-0.39, 0.29) is 0 Å². The zero-order valence-corrected chi connectivity index (χ0v) is 17.4. The Balaban J connectivity index is 1.40. The molecule has 1 unspecified atom stereocenters. The maximum Gasteiger partial charge on any atom is 0.159 e. The highest BCUT2D eigenvalue weighted by molar-refractivity contribution is 5.22. The molecule has 1 aromatic rings. The number of hydrogen-bond donors (Lipinski definition) is 0. The molecule has 0 radical (unpaired) electrons. The molecule has 0 aliphatic heterocycles. The van der Waals surface area contributed by atoms with E-state index < -0.39 is 11.6 Å². The topological polar surface area (TPSA) is 0 Å². The van der Waals surface area contributed by atoms with Gasteiger partial charge in [0.25, 0.3) is 0 Å². The minimum atomic E-state index is -0.731. The molecule has 27 heavy (non-hydrogen) atoms. The van der Waals surface area contributed by atoms with Gasteiger partial charge in [0.15, 0.2) is 11.6 Å². The van der Waals surface area contributed by atoms with Crippen molar-refractivity contribution in [1.29, 1.82) is 0 Å². The summed E-state index contributed by atoms with van der Waals surface area (Å²) in [5.74, 6) is 2.61. The maximum atomic E-state index is 13.5. The van der Waals surface area contributed by atoms with E-state index in [9.17, 15) is 8.78 Å². The average Bonchev–Trinajstić information content (AvgIpc) is 2.69. The largest absolute Gasteiger partial charge is 0.204 e. The van der Waals surface area contributed by atoms with Crippen LogP contribution in [0, 0.1) is 35.3 Å². The lowest BCUT2D eigenvalue weighted by Crippen LogP contribution is -2.23. The third-order valence-corrected chi connectivity index (χ3v) is 7.63. The fraction of sp³-hybridized carbons (Fsp3) is 0.760. The van der Waals surface area contributed by atoms with E-state index >= 15 is 0 Å². The van der Waals surface area contributed by atoms with Gasteiger partial charge in [-0.3, -0.25) is 0 Å². The molecule has 0 amide bonds. The molecule has 2 heteroatoms. The van der Waals surface area contributed by atoms with Crippen LogP contribution in [0.5, 0.6) is 0 Å². The predicted molar refractivity (Wildman–Crippen MR) is 110 cm³/mol. The van der Waals surface area contributed by atoms with Crippen molar-refractivity contribution in [2.75, 3.05) is 0 Å².